The largest absolute Gasteiger partial charge is 0.496 e. The molecule has 0 saturated carbocycles. The zero-order valence-electron chi connectivity index (χ0n) is 16.0. The SMILES string of the molecule is COc1ccccc1CN(CC(=O)NCc1cc(F)cc(F)c1)Cc1cccs1. The molecule has 4 nitrogen and oxygen atoms in total. The summed E-state index contributed by atoms with van der Waals surface area (Å²) in [7, 11) is 1.62. The van der Waals surface area contributed by atoms with E-state index >= 15 is 0 Å². The summed E-state index contributed by atoms with van der Waals surface area (Å²) in [5, 5.41) is 4.73. The summed E-state index contributed by atoms with van der Waals surface area (Å²) >= 11 is 1.62. The Labute approximate surface area is 172 Å². The highest BCUT2D eigenvalue weighted by Gasteiger charge is 2.15. The van der Waals surface area contributed by atoms with Crippen molar-refractivity contribution in [2.24, 2.45) is 0 Å². The molecule has 29 heavy (non-hydrogen) atoms. The lowest BCUT2D eigenvalue weighted by Crippen LogP contribution is -2.36. The Morgan fingerprint density at radius 2 is 1.83 bits per heavy atom. The molecule has 3 rings (SSSR count). The number of para-hydroxylation sites is 1. The fourth-order valence-corrected chi connectivity index (χ4v) is 3.78. The molecular weight excluding hydrogens is 394 g/mol. The van der Waals surface area contributed by atoms with Gasteiger partial charge in [-0.15, -0.1) is 11.3 Å². The highest BCUT2D eigenvalue weighted by molar-refractivity contribution is 7.09. The Balaban J connectivity index is 1.66. The van der Waals surface area contributed by atoms with Gasteiger partial charge in [0.25, 0.3) is 0 Å². The van der Waals surface area contributed by atoms with Crippen LogP contribution in [-0.4, -0.2) is 24.5 Å². The number of rotatable bonds is 9. The average Bonchev–Trinajstić information content (AvgIpc) is 3.19. The first-order valence-corrected chi connectivity index (χ1v) is 10.00. The number of hydrogen-bond acceptors (Lipinski definition) is 4. The van der Waals surface area contributed by atoms with Crippen molar-refractivity contribution >= 4 is 17.2 Å². The third kappa shape index (κ3) is 6.37. The molecular formula is C22H22F2N2O2S. The lowest BCUT2D eigenvalue weighted by atomic mass is 10.2. The molecule has 0 aliphatic heterocycles. The first-order valence-electron chi connectivity index (χ1n) is 9.12. The van der Waals surface area contributed by atoms with E-state index in [1.807, 2.05) is 46.7 Å². The van der Waals surface area contributed by atoms with E-state index in [1.165, 1.54) is 12.1 Å². The van der Waals surface area contributed by atoms with Crippen molar-refractivity contribution in [3.8, 4) is 5.75 Å². The number of ether oxygens (including phenoxy) is 1. The molecule has 0 bridgehead atoms. The van der Waals surface area contributed by atoms with E-state index in [9.17, 15) is 13.6 Å². The number of thiophene rings is 1. The maximum absolute atomic E-state index is 13.3. The molecule has 1 aromatic heterocycles. The maximum atomic E-state index is 13.3. The number of nitrogens with zero attached hydrogens (tertiary/aromatic N) is 1. The predicted octanol–water partition coefficient (Wildman–Crippen LogP) is 4.35. The van der Waals surface area contributed by atoms with Crippen LogP contribution in [0.15, 0.2) is 60.0 Å². The van der Waals surface area contributed by atoms with Crippen LogP contribution in [0, 0.1) is 11.6 Å². The molecule has 0 unspecified atom stereocenters. The van der Waals surface area contributed by atoms with Gasteiger partial charge in [-0.05, 0) is 35.2 Å². The number of carbonyl (C=O) groups is 1. The average molecular weight is 416 g/mol. The summed E-state index contributed by atoms with van der Waals surface area (Å²) in [4.78, 5) is 15.6. The van der Waals surface area contributed by atoms with Crippen molar-refractivity contribution in [3.63, 3.8) is 0 Å². The molecule has 2 aromatic carbocycles. The molecule has 1 amide bonds. The van der Waals surface area contributed by atoms with Gasteiger partial charge < -0.3 is 10.1 Å². The van der Waals surface area contributed by atoms with Gasteiger partial charge in [-0.3, -0.25) is 9.69 Å². The number of carbonyl (C=O) groups excluding carboxylic acids is 1. The first-order chi connectivity index (χ1) is 14.0. The van der Waals surface area contributed by atoms with Crippen LogP contribution in [0.2, 0.25) is 0 Å². The molecule has 3 aromatic rings. The molecule has 0 saturated heterocycles. The summed E-state index contributed by atoms with van der Waals surface area (Å²) in [6.45, 7) is 1.35. The molecule has 1 N–H and O–H groups in total. The topological polar surface area (TPSA) is 41.6 Å². The molecule has 152 valence electrons. The number of hydrogen-bond donors (Lipinski definition) is 1. The summed E-state index contributed by atoms with van der Waals surface area (Å²) < 4.78 is 32.1. The molecule has 0 spiro atoms. The van der Waals surface area contributed by atoms with Crippen LogP contribution in [0.1, 0.15) is 16.0 Å². The lowest BCUT2D eigenvalue weighted by Gasteiger charge is -2.22. The predicted molar refractivity (Wildman–Crippen MR) is 110 cm³/mol. The Bertz CT molecular complexity index is 927. The molecule has 1 heterocycles. The van der Waals surface area contributed by atoms with Crippen molar-refractivity contribution in [1.29, 1.82) is 0 Å². The van der Waals surface area contributed by atoms with Gasteiger partial charge in [0.2, 0.25) is 5.91 Å². The highest BCUT2D eigenvalue weighted by atomic mass is 32.1. The van der Waals surface area contributed by atoms with Crippen LogP contribution in [0.3, 0.4) is 0 Å². The van der Waals surface area contributed by atoms with Crippen molar-refractivity contribution in [1.82, 2.24) is 10.2 Å². The smallest absolute Gasteiger partial charge is 0.234 e. The van der Waals surface area contributed by atoms with Crippen molar-refractivity contribution in [3.05, 3.63) is 87.6 Å². The fraction of sp³-hybridized carbons (Fsp3) is 0.227. The maximum Gasteiger partial charge on any atom is 0.234 e. The van der Waals surface area contributed by atoms with E-state index in [1.54, 1.807) is 18.4 Å². The summed E-state index contributed by atoms with van der Waals surface area (Å²) in [5.41, 5.74) is 1.36. The van der Waals surface area contributed by atoms with Gasteiger partial charge in [0.1, 0.15) is 17.4 Å². The zero-order valence-corrected chi connectivity index (χ0v) is 16.8. The van der Waals surface area contributed by atoms with Gasteiger partial charge >= 0.3 is 0 Å². The van der Waals surface area contributed by atoms with Crippen LogP contribution >= 0.6 is 11.3 Å². The van der Waals surface area contributed by atoms with Gasteiger partial charge in [-0.25, -0.2) is 8.78 Å². The van der Waals surface area contributed by atoms with Gasteiger partial charge in [0.05, 0.1) is 13.7 Å². The van der Waals surface area contributed by atoms with E-state index < -0.39 is 11.6 Å². The monoisotopic (exact) mass is 416 g/mol. The van der Waals surface area contributed by atoms with Crippen molar-refractivity contribution < 1.29 is 18.3 Å². The van der Waals surface area contributed by atoms with E-state index in [0.29, 0.717) is 18.7 Å². The van der Waals surface area contributed by atoms with E-state index in [2.05, 4.69) is 5.32 Å². The zero-order chi connectivity index (χ0) is 20.6. The van der Waals surface area contributed by atoms with Gasteiger partial charge in [0, 0.05) is 36.1 Å². The second kappa shape index (κ2) is 10.1. The standard InChI is InChI=1S/C22H22F2N2O2S/c1-28-21-7-3-2-5-17(21)13-26(14-20-6-4-8-29-20)15-22(27)25-12-16-9-18(23)11-19(24)10-16/h2-11H,12-15H2,1H3,(H,25,27). The number of halogens is 2. The molecule has 0 aliphatic rings. The summed E-state index contributed by atoms with van der Waals surface area (Å²) in [5.74, 6) is -0.782. The van der Waals surface area contributed by atoms with E-state index in [0.717, 1.165) is 22.3 Å². The van der Waals surface area contributed by atoms with Gasteiger partial charge in [0.15, 0.2) is 0 Å². The van der Waals surface area contributed by atoms with Crippen LogP contribution in [-0.2, 0) is 24.4 Å². The van der Waals surface area contributed by atoms with Crippen molar-refractivity contribution in [2.45, 2.75) is 19.6 Å². The van der Waals surface area contributed by atoms with E-state index in [4.69, 9.17) is 4.74 Å². The molecule has 0 radical (unpaired) electrons. The minimum absolute atomic E-state index is 0.0645. The van der Waals surface area contributed by atoms with Crippen molar-refractivity contribution in [2.75, 3.05) is 13.7 Å². The first kappa shape index (κ1) is 21.0. The van der Waals surface area contributed by atoms with Gasteiger partial charge in [-0.1, -0.05) is 24.3 Å². The van der Waals surface area contributed by atoms with E-state index in [-0.39, 0.29) is 19.0 Å². The minimum atomic E-state index is -0.662. The minimum Gasteiger partial charge on any atom is -0.496 e. The normalized spacial score (nSPS) is 10.9. The summed E-state index contributed by atoms with van der Waals surface area (Å²) in [6, 6.07) is 14.9. The van der Waals surface area contributed by atoms with Crippen LogP contribution in [0.5, 0.6) is 5.75 Å². The quantitative estimate of drug-likeness (QED) is 0.564. The van der Waals surface area contributed by atoms with Gasteiger partial charge in [-0.2, -0.15) is 0 Å². The molecule has 0 aliphatic carbocycles. The second-order valence-electron chi connectivity index (χ2n) is 6.59. The van der Waals surface area contributed by atoms with Crippen LogP contribution in [0.25, 0.3) is 0 Å². The third-order valence-corrected chi connectivity index (χ3v) is 5.19. The highest BCUT2D eigenvalue weighted by Crippen LogP contribution is 2.21. The lowest BCUT2D eigenvalue weighted by molar-refractivity contribution is -0.122. The second-order valence-corrected chi connectivity index (χ2v) is 7.62. The fourth-order valence-electron chi connectivity index (χ4n) is 3.04. The Kier molecular flexibility index (Phi) is 7.32. The number of amides is 1. The number of methoxy groups -OCH3 is 1. The number of benzene rings is 2. The Morgan fingerprint density at radius 3 is 2.52 bits per heavy atom. The Hall–Kier alpha value is -2.77. The summed E-state index contributed by atoms with van der Waals surface area (Å²) in [6.07, 6.45) is 0. The third-order valence-electron chi connectivity index (χ3n) is 4.33. The molecule has 0 atom stereocenters. The Morgan fingerprint density at radius 1 is 1.07 bits per heavy atom. The van der Waals surface area contributed by atoms with Crippen LogP contribution < -0.4 is 10.1 Å². The van der Waals surface area contributed by atoms with Crippen LogP contribution in [0.4, 0.5) is 8.78 Å². The number of nitrogens with one attached hydrogen (secondary N) is 1. The molecule has 0 fully saturated rings. The molecule has 7 heteroatoms.